The summed E-state index contributed by atoms with van der Waals surface area (Å²) in [7, 11) is 0. The number of carbonyl (C=O) groups is 2. The van der Waals surface area contributed by atoms with Crippen LogP contribution in [0.25, 0.3) is 0 Å². The molecule has 0 atom stereocenters. The summed E-state index contributed by atoms with van der Waals surface area (Å²) >= 11 is 0. The molecule has 0 unspecified atom stereocenters. The number of amides is 2. The molecule has 0 saturated heterocycles. The van der Waals surface area contributed by atoms with E-state index < -0.39 is 47.4 Å². The molecule has 4 aromatic rings. The van der Waals surface area contributed by atoms with Crippen LogP contribution in [-0.4, -0.2) is 21.6 Å². The van der Waals surface area contributed by atoms with E-state index in [2.05, 4.69) is 15.7 Å². The second-order valence-corrected chi connectivity index (χ2v) is 7.80. The fourth-order valence-corrected chi connectivity index (χ4v) is 3.33. The SMILES string of the molecule is CCn1cc(NC(=O)c2ccc(COc3c(F)c(F)cc(F)c3F)cc2)c(C(=O)Nc2ccccc2)n1. The Balaban J connectivity index is 1.45. The molecule has 2 N–H and O–H groups in total. The molecule has 1 aromatic heterocycles. The van der Waals surface area contributed by atoms with Crippen molar-refractivity contribution in [3.63, 3.8) is 0 Å². The lowest BCUT2D eigenvalue weighted by Crippen LogP contribution is -2.18. The van der Waals surface area contributed by atoms with Gasteiger partial charge in [-0.05, 0) is 36.8 Å². The summed E-state index contributed by atoms with van der Waals surface area (Å²) in [5, 5.41) is 9.60. The van der Waals surface area contributed by atoms with E-state index in [-0.39, 0.29) is 23.0 Å². The Morgan fingerprint density at radius 3 is 2.16 bits per heavy atom. The Labute approximate surface area is 208 Å². The van der Waals surface area contributed by atoms with Crippen LogP contribution in [-0.2, 0) is 13.2 Å². The summed E-state index contributed by atoms with van der Waals surface area (Å²) in [4.78, 5) is 25.6. The van der Waals surface area contributed by atoms with Gasteiger partial charge in [-0.15, -0.1) is 0 Å². The van der Waals surface area contributed by atoms with Crippen molar-refractivity contribution in [2.24, 2.45) is 0 Å². The van der Waals surface area contributed by atoms with Crippen LogP contribution in [0.15, 0.2) is 66.9 Å². The van der Waals surface area contributed by atoms with E-state index in [0.29, 0.717) is 17.8 Å². The highest BCUT2D eigenvalue weighted by Gasteiger charge is 2.21. The van der Waals surface area contributed by atoms with Gasteiger partial charge in [-0.1, -0.05) is 30.3 Å². The van der Waals surface area contributed by atoms with E-state index in [9.17, 15) is 27.2 Å². The second-order valence-electron chi connectivity index (χ2n) is 7.80. The quantitative estimate of drug-likeness (QED) is 0.240. The monoisotopic (exact) mass is 512 g/mol. The summed E-state index contributed by atoms with van der Waals surface area (Å²) in [6.07, 6.45) is 1.53. The number of aromatic nitrogens is 2. The van der Waals surface area contributed by atoms with Gasteiger partial charge in [0.1, 0.15) is 6.61 Å². The largest absolute Gasteiger partial charge is 0.483 e. The molecular weight excluding hydrogens is 492 g/mol. The van der Waals surface area contributed by atoms with Gasteiger partial charge < -0.3 is 15.4 Å². The van der Waals surface area contributed by atoms with Gasteiger partial charge in [0.2, 0.25) is 11.6 Å². The predicted molar refractivity (Wildman–Crippen MR) is 127 cm³/mol. The zero-order valence-corrected chi connectivity index (χ0v) is 19.4. The molecular formula is C26H20F4N4O3. The molecule has 0 saturated carbocycles. The highest BCUT2D eigenvalue weighted by atomic mass is 19.2. The minimum atomic E-state index is -1.64. The third-order valence-electron chi connectivity index (χ3n) is 5.25. The van der Waals surface area contributed by atoms with Crippen molar-refractivity contribution in [2.75, 3.05) is 10.6 Å². The first kappa shape index (κ1) is 25.4. The number of nitrogens with zero attached hydrogens (tertiary/aromatic N) is 2. The Bertz CT molecular complexity index is 1410. The average Bonchev–Trinajstić information content (AvgIpc) is 3.31. The third-order valence-corrected chi connectivity index (χ3v) is 5.25. The smallest absolute Gasteiger partial charge is 0.278 e. The van der Waals surface area contributed by atoms with Crippen molar-refractivity contribution in [1.29, 1.82) is 0 Å². The van der Waals surface area contributed by atoms with Crippen molar-refractivity contribution < 1.29 is 31.9 Å². The average molecular weight is 512 g/mol. The zero-order chi connectivity index (χ0) is 26.5. The first-order chi connectivity index (χ1) is 17.8. The van der Waals surface area contributed by atoms with Gasteiger partial charge >= 0.3 is 0 Å². The Kier molecular flexibility index (Phi) is 7.52. The predicted octanol–water partition coefficient (Wildman–Crippen LogP) is 5.54. The van der Waals surface area contributed by atoms with Crippen molar-refractivity contribution in [3.8, 4) is 5.75 Å². The molecule has 2 amide bonds. The van der Waals surface area contributed by atoms with Crippen molar-refractivity contribution in [1.82, 2.24) is 9.78 Å². The first-order valence-corrected chi connectivity index (χ1v) is 11.1. The number of rotatable bonds is 8. The molecule has 0 aliphatic rings. The summed E-state index contributed by atoms with van der Waals surface area (Å²) in [6.45, 7) is 1.88. The standard InChI is InChI=1S/C26H20F4N4O3/c1-2-34-13-20(23(33-34)26(36)31-17-6-4-3-5-7-17)32-25(35)16-10-8-15(9-11-16)14-37-24-21(29)18(27)12-19(28)22(24)30/h3-13H,2,14H2,1H3,(H,31,36)(H,32,35). The topological polar surface area (TPSA) is 85.2 Å². The summed E-state index contributed by atoms with van der Waals surface area (Å²) in [6, 6.07) is 14.6. The molecule has 0 bridgehead atoms. The lowest BCUT2D eigenvalue weighted by Gasteiger charge is -2.10. The van der Waals surface area contributed by atoms with Crippen molar-refractivity contribution in [3.05, 3.63) is 107 Å². The third kappa shape index (κ3) is 5.77. The molecule has 3 aromatic carbocycles. The van der Waals surface area contributed by atoms with Gasteiger partial charge in [-0.25, -0.2) is 8.78 Å². The van der Waals surface area contributed by atoms with E-state index >= 15 is 0 Å². The molecule has 11 heteroatoms. The van der Waals surface area contributed by atoms with Gasteiger partial charge in [0, 0.05) is 30.1 Å². The van der Waals surface area contributed by atoms with E-state index in [1.54, 1.807) is 24.3 Å². The van der Waals surface area contributed by atoms with Crippen molar-refractivity contribution in [2.45, 2.75) is 20.1 Å². The number of benzene rings is 3. The molecule has 0 fully saturated rings. The molecule has 7 nitrogen and oxygen atoms in total. The van der Waals surface area contributed by atoms with E-state index in [4.69, 9.17) is 4.74 Å². The molecule has 0 radical (unpaired) electrons. The summed E-state index contributed by atoms with van der Waals surface area (Å²) in [5.74, 6) is -8.67. The Hall–Kier alpha value is -4.67. The van der Waals surface area contributed by atoms with E-state index in [1.807, 2.05) is 13.0 Å². The van der Waals surface area contributed by atoms with Crippen LogP contribution in [0.1, 0.15) is 33.3 Å². The summed E-state index contributed by atoms with van der Waals surface area (Å²) in [5.41, 5.74) is 1.37. The highest BCUT2D eigenvalue weighted by Crippen LogP contribution is 2.27. The maximum absolute atomic E-state index is 13.8. The molecule has 0 aliphatic carbocycles. The molecule has 0 aliphatic heterocycles. The number of carbonyl (C=O) groups excluding carboxylic acids is 2. The zero-order valence-electron chi connectivity index (χ0n) is 19.4. The number of aryl methyl sites for hydroxylation is 1. The maximum Gasteiger partial charge on any atom is 0.278 e. The van der Waals surface area contributed by atoms with E-state index in [0.717, 1.165) is 0 Å². The van der Waals surface area contributed by atoms with Crippen LogP contribution in [0.2, 0.25) is 0 Å². The minimum Gasteiger partial charge on any atom is -0.483 e. The molecule has 190 valence electrons. The van der Waals surface area contributed by atoms with Crippen LogP contribution in [0.4, 0.5) is 28.9 Å². The molecule has 1 heterocycles. The molecule has 4 rings (SSSR count). The van der Waals surface area contributed by atoms with Crippen LogP contribution in [0.3, 0.4) is 0 Å². The van der Waals surface area contributed by atoms with Gasteiger partial charge in [0.15, 0.2) is 23.1 Å². The fraction of sp³-hybridized carbons (Fsp3) is 0.115. The Morgan fingerprint density at radius 2 is 1.54 bits per heavy atom. The fourth-order valence-electron chi connectivity index (χ4n) is 3.33. The second kappa shape index (κ2) is 10.9. The van der Waals surface area contributed by atoms with Crippen LogP contribution < -0.4 is 15.4 Å². The number of ether oxygens (including phenoxy) is 1. The van der Waals surface area contributed by atoms with Crippen molar-refractivity contribution >= 4 is 23.2 Å². The van der Waals surface area contributed by atoms with Crippen LogP contribution in [0.5, 0.6) is 5.75 Å². The maximum atomic E-state index is 13.8. The van der Waals surface area contributed by atoms with Gasteiger partial charge in [0.25, 0.3) is 11.8 Å². The highest BCUT2D eigenvalue weighted by molar-refractivity contribution is 6.11. The molecule has 0 spiro atoms. The Morgan fingerprint density at radius 1 is 0.892 bits per heavy atom. The van der Waals surface area contributed by atoms with Gasteiger partial charge in [0.05, 0.1) is 5.69 Å². The first-order valence-electron chi connectivity index (χ1n) is 11.1. The lowest BCUT2D eigenvalue weighted by molar-refractivity contribution is 0.102. The number of hydrogen-bond donors (Lipinski definition) is 2. The van der Waals surface area contributed by atoms with Crippen LogP contribution >= 0.6 is 0 Å². The molecule has 37 heavy (non-hydrogen) atoms. The normalized spacial score (nSPS) is 10.7. The number of hydrogen-bond acceptors (Lipinski definition) is 4. The summed E-state index contributed by atoms with van der Waals surface area (Å²) < 4.78 is 60.6. The van der Waals surface area contributed by atoms with Crippen LogP contribution in [0, 0.1) is 23.3 Å². The lowest BCUT2D eigenvalue weighted by atomic mass is 10.1. The number of para-hydroxylation sites is 1. The number of nitrogens with one attached hydrogen (secondary N) is 2. The minimum absolute atomic E-state index is 0.0236. The van der Waals surface area contributed by atoms with Gasteiger partial charge in [-0.3, -0.25) is 14.3 Å². The number of anilines is 2. The number of halogens is 4. The van der Waals surface area contributed by atoms with E-state index in [1.165, 1.54) is 35.1 Å². The van der Waals surface area contributed by atoms with Gasteiger partial charge in [-0.2, -0.15) is 13.9 Å².